The van der Waals surface area contributed by atoms with Crippen LogP contribution in [0, 0.1) is 18.8 Å². The maximum atomic E-state index is 9.76. The summed E-state index contributed by atoms with van der Waals surface area (Å²) < 4.78 is 144. The number of pyridine rings is 1. The van der Waals surface area contributed by atoms with Crippen molar-refractivity contribution in [2.24, 2.45) is 0 Å². The van der Waals surface area contributed by atoms with Gasteiger partial charge in [-0.2, -0.15) is 12.1 Å². The SMILES string of the molecule is [2H]c1c([2H])c([2H])c(-c2cc(C(C)(C)C)cc(-c3cc(C(C)(C)C)cc(C(C)(C)C)c3)c2N2[CH-]N(c3[c-]c(Oc4[c-]c5c(c([2H])c4[2H])c4c([2H])c(-c6c([2H])c([2H])c([2H])c([2H])c6[2H])c([2H])c([2H])c4n5-c4cc(C(C)(C)C)ccn4)ccc3)c3ccccc32)c([2H])c1[2H].[Pt]. The van der Waals surface area contributed by atoms with Crippen LogP contribution in [0.15, 0.2) is 182 Å². The summed E-state index contributed by atoms with van der Waals surface area (Å²) in [5.74, 6) is 0.0885. The van der Waals surface area contributed by atoms with Crippen LogP contribution in [0.25, 0.3) is 61.0 Å². The second kappa shape index (κ2) is 19.7. The molecule has 0 radical (unpaired) electrons. The van der Waals surface area contributed by atoms with Crippen molar-refractivity contribution < 1.29 is 46.4 Å². The summed E-state index contributed by atoms with van der Waals surface area (Å²) >= 11 is 0. The molecule has 0 unspecified atom stereocenters. The normalized spacial score (nSPS) is 15.8. The average molecular weight is 1190 g/mol. The minimum Gasteiger partial charge on any atom is -0.509 e. The molecule has 0 N–H and O–H groups in total. The van der Waals surface area contributed by atoms with E-state index in [0.717, 1.165) is 33.4 Å². The zero-order chi connectivity index (χ0) is 65.7. The van der Waals surface area contributed by atoms with E-state index in [-0.39, 0.29) is 88.7 Å². The zero-order valence-corrected chi connectivity index (χ0v) is 47.0. The molecule has 0 saturated carbocycles. The number of anilines is 4. The molecule has 2 aromatic heterocycles. The van der Waals surface area contributed by atoms with Gasteiger partial charge in [0.25, 0.3) is 0 Å². The fourth-order valence-corrected chi connectivity index (χ4v) is 9.38. The van der Waals surface area contributed by atoms with Crippen molar-refractivity contribution in [2.75, 3.05) is 9.80 Å². The second-order valence-electron chi connectivity index (χ2n) is 23.2. The summed E-state index contributed by atoms with van der Waals surface area (Å²) in [6.45, 7) is 27.2. The van der Waals surface area contributed by atoms with Gasteiger partial charge in [-0.15, -0.1) is 48.1 Å². The number of para-hydroxylation sites is 2. The summed E-state index contributed by atoms with van der Waals surface area (Å²) in [6, 6.07) is 25.7. The van der Waals surface area contributed by atoms with Gasteiger partial charge in [-0.3, -0.25) is 0 Å². The Bertz CT molecular complexity index is 4600. The van der Waals surface area contributed by atoms with Gasteiger partial charge in [-0.1, -0.05) is 191 Å². The van der Waals surface area contributed by atoms with Gasteiger partial charge in [-0.05, 0) is 115 Å². The van der Waals surface area contributed by atoms with E-state index in [2.05, 4.69) is 98.7 Å². The Morgan fingerprint density at radius 3 is 1.72 bits per heavy atom. The Balaban J connectivity index is 0.00000909. The van der Waals surface area contributed by atoms with E-state index < -0.39 is 101 Å². The van der Waals surface area contributed by atoms with Gasteiger partial charge in [0.1, 0.15) is 5.82 Å². The molecule has 8 aromatic carbocycles. The van der Waals surface area contributed by atoms with Crippen LogP contribution in [-0.2, 0) is 42.7 Å². The minimum atomic E-state index is -0.689. The van der Waals surface area contributed by atoms with Gasteiger partial charge in [0, 0.05) is 73.8 Å². The molecule has 0 atom stereocenters. The van der Waals surface area contributed by atoms with E-state index in [0.29, 0.717) is 28.3 Å². The predicted octanol–water partition coefficient (Wildman–Crippen LogP) is 19.2. The third kappa shape index (κ3) is 10.0. The number of hydrogen-bond donors (Lipinski definition) is 0. The molecule has 6 heteroatoms. The van der Waals surface area contributed by atoms with Gasteiger partial charge >= 0.3 is 0 Å². The van der Waals surface area contributed by atoms with Crippen LogP contribution in [0.3, 0.4) is 0 Å². The molecule has 386 valence electrons. The fraction of sp³-hybridized carbons (Fsp3) is 0.229. The Labute approximate surface area is 486 Å². The van der Waals surface area contributed by atoms with Gasteiger partial charge in [0.05, 0.1) is 17.8 Å². The third-order valence-corrected chi connectivity index (χ3v) is 13.7. The van der Waals surface area contributed by atoms with E-state index in [1.165, 1.54) is 4.57 Å². The summed E-state index contributed by atoms with van der Waals surface area (Å²) in [5.41, 5.74) is 6.03. The first-order valence-electron chi connectivity index (χ1n) is 32.6. The molecule has 10 aromatic rings. The van der Waals surface area contributed by atoms with Crippen LogP contribution < -0.4 is 14.5 Å². The summed E-state index contributed by atoms with van der Waals surface area (Å²) in [4.78, 5) is 8.59. The van der Waals surface area contributed by atoms with Crippen molar-refractivity contribution in [1.29, 1.82) is 0 Å². The molecule has 0 saturated heterocycles. The topological polar surface area (TPSA) is 33.5 Å². The molecule has 0 amide bonds. The van der Waals surface area contributed by atoms with E-state index in [1.807, 2.05) is 79.7 Å². The van der Waals surface area contributed by atoms with Crippen molar-refractivity contribution in [2.45, 2.75) is 105 Å². The number of hydrogen-bond acceptors (Lipinski definition) is 4. The molecular formula is C70H67N4OPt-3. The first-order chi connectivity index (χ1) is 41.9. The summed E-state index contributed by atoms with van der Waals surface area (Å²) in [6.07, 6.45) is 1.58. The zero-order valence-electron chi connectivity index (χ0n) is 59.8. The Kier molecular flexibility index (Phi) is 9.54. The van der Waals surface area contributed by atoms with Crippen LogP contribution in [0.5, 0.6) is 11.5 Å². The smallest absolute Gasteiger partial charge is 0.135 e. The number of aromatic nitrogens is 2. The molecule has 5 nitrogen and oxygen atoms in total. The molecule has 0 spiro atoms. The molecule has 76 heavy (non-hydrogen) atoms. The van der Waals surface area contributed by atoms with Gasteiger partial charge in [0.2, 0.25) is 0 Å². The number of benzene rings is 8. The second-order valence-corrected chi connectivity index (χ2v) is 23.2. The van der Waals surface area contributed by atoms with E-state index in [9.17, 15) is 9.60 Å². The van der Waals surface area contributed by atoms with Crippen molar-refractivity contribution >= 4 is 44.6 Å². The molecular weight excluding hydrogens is 1110 g/mol. The first-order valence-corrected chi connectivity index (χ1v) is 25.1. The maximum Gasteiger partial charge on any atom is 0.135 e. The third-order valence-electron chi connectivity index (χ3n) is 13.7. The van der Waals surface area contributed by atoms with Crippen LogP contribution in [-0.4, -0.2) is 9.55 Å². The van der Waals surface area contributed by atoms with Crippen molar-refractivity contribution in [3.8, 4) is 50.7 Å². The van der Waals surface area contributed by atoms with Crippen molar-refractivity contribution in [3.63, 3.8) is 0 Å². The fourth-order valence-electron chi connectivity index (χ4n) is 9.38. The summed E-state index contributed by atoms with van der Waals surface area (Å²) in [7, 11) is 0. The molecule has 1 aliphatic heterocycles. The molecule has 0 bridgehead atoms. The van der Waals surface area contributed by atoms with Gasteiger partial charge in [-0.25, -0.2) is 4.98 Å². The van der Waals surface area contributed by atoms with Crippen LogP contribution in [0.4, 0.5) is 22.7 Å². The number of ether oxygens (including phenoxy) is 1. The van der Waals surface area contributed by atoms with Gasteiger partial charge < -0.3 is 19.1 Å². The van der Waals surface area contributed by atoms with E-state index in [4.69, 9.17) is 20.7 Å². The summed E-state index contributed by atoms with van der Waals surface area (Å²) in [5, 5.41) is -0.142. The number of fused-ring (bicyclic) bond motifs is 4. The Morgan fingerprint density at radius 1 is 0.500 bits per heavy atom. The Morgan fingerprint density at radius 2 is 1.09 bits per heavy atom. The van der Waals surface area contributed by atoms with Crippen LogP contribution in [0.2, 0.25) is 0 Å². The average Bonchev–Trinajstić information content (AvgIpc) is 1.60. The standard InChI is InChI=1S/C70H67N4O.Pt/c1-67(2,3)50-34-35-71-65(42-50)74-61-33-30-48(46-22-15-13-16-23-46)38-60(61)57-32-31-56(44-64(57)74)75-55-27-21-26-54(43-55)72-45-73(63-29-20-19-28-62(63)72)66-58(47-24-17-14-18-25-47)40-53(70(10,11)12)41-59(66)49-36-51(68(4,5)6)39-52(37-49)69(7,8)9;/h13-42,45H,1-12H3;/q-3;/i13D,14D,15D,16D,17D,18D,22D,23D,24D,25D,30D,31D,32D,33D,38D;. The van der Waals surface area contributed by atoms with Crippen molar-refractivity contribution in [3.05, 3.63) is 223 Å². The molecule has 0 fully saturated rings. The van der Waals surface area contributed by atoms with Crippen LogP contribution in [0.1, 0.15) is 126 Å². The number of rotatable bonds is 8. The van der Waals surface area contributed by atoms with E-state index in [1.54, 1.807) is 24.4 Å². The number of nitrogens with zero attached hydrogens (tertiary/aromatic N) is 4. The maximum absolute atomic E-state index is 9.76. The molecule has 1 aliphatic rings. The predicted molar refractivity (Wildman–Crippen MR) is 315 cm³/mol. The monoisotopic (exact) mass is 1190 g/mol. The Hall–Kier alpha value is -7.20. The van der Waals surface area contributed by atoms with E-state index >= 15 is 0 Å². The van der Waals surface area contributed by atoms with Crippen LogP contribution >= 0.6 is 0 Å². The first kappa shape index (κ1) is 36.7. The quantitative estimate of drug-likeness (QED) is 0.142. The minimum absolute atomic E-state index is 0. The van der Waals surface area contributed by atoms with Crippen molar-refractivity contribution in [1.82, 2.24) is 9.55 Å². The van der Waals surface area contributed by atoms with Gasteiger partial charge in [0.15, 0.2) is 0 Å². The molecule has 3 heterocycles. The molecule has 11 rings (SSSR count). The molecule has 0 aliphatic carbocycles. The largest absolute Gasteiger partial charge is 0.509 e.